The molecule has 0 saturated heterocycles. The lowest BCUT2D eigenvalue weighted by Gasteiger charge is -2.14. The lowest BCUT2D eigenvalue weighted by Crippen LogP contribution is -2.29. The summed E-state index contributed by atoms with van der Waals surface area (Å²) >= 11 is 0. The van der Waals surface area contributed by atoms with Crippen LogP contribution in [0.15, 0.2) is 66.9 Å². The molecule has 0 radical (unpaired) electrons. The average molecular weight is 388 g/mol. The third kappa shape index (κ3) is 3.58. The summed E-state index contributed by atoms with van der Waals surface area (Å²) in [6.45, 7) is -0.350. The third-order valence-electron chi connectivity index (χ3n) is 4.61. The van der Waals surface area contributed by atoms with Gasteiger partial charge in [-0.2, -0.15) is 0 Å². The van der Waals surface area contributed by atoms with E-state index in [1.54, 1.807) is 66.9 Å². The first-order chi connectivity index (χ1) is 14.0. The number of carbonyl (C=O) groups is 4. The van der Waals surface area contributed by atoms with Gasteiger partial charge in [0.05, 0.1) is 28.9 Å². The minimum absolute atomic E-state index is 0.0366. The van der Waals surface area contributed by atoms with Crippen LogP contribution in [0, 0.1) is 0 Å². The van der Waals surface area contributed by atoms with Crippen molar-refractivity contribution in [3.63, 3.8) is 0 Å². The number of amides is 2. The van der Waals surface area contributed by atoms with Crippen molar-refractivity contribution in [2.24, 2.45) is 0 Å². The molecule has 4 rings (SSSR count). The topological polar surface area (TPSA) is 96.5 Å². The Bertz CT molecular complexity index is 1080. The number of carbonyl (C=O) groups excluding carboxylic acids is 4. The van der Waals surface area contributed by atoms with Crippen LogP contribution in [0.5, 0.6) is 0 Å². The number of ketones is 1. The molecule has 1 aliphatic rings. The number of ether oxygens (including phenoxy) is 1. The molecule has 144 valence electrons. The smallest absolute Gasteiger partial charge is 0.338 e. The van der Waals surface area contributed by atoms with Gasteiger partial charge < -0.3 is 9.72 Å². The molecule has 3 aromatic rings. The number of nitrogens with zero attached hydrogens (tertiary/aromatic N) is 1. The molecule has 7 heteroatoms. The highest BCUT2D eigenvalue weighted by atomic mass is 16.5. The van der Waals surface area contributed by atoms with E-state index in [9.17, 15) is 19.2 Å². The Hall–Kier alpha value is -4.00. The Morgan fingerprint density at radius 3 is 2.28 bits per heavy atom. The fourth-order valence-corrected chi connectivity index (χ4v) is 3.16. The predicted molar refractivity (Wildman–Crippen MR) is 102 cm³/mol. The fraction of sp³-hybridized carbons (Fsp3) is 0.0909. The van der Waals surface area contributed by atoms with Crippen molar-refractivity contribution in [2.45, 2.75) is 6.54 Å². The van der Waals surface area contributed by atoms with Crippen LogP contribution in [0.1, 0.15) is 47.1 Å². The van der Waals surface area contributed by atoms with Crippen LogP contribution in [-0.4, -0.2) is 40.1 Å². The number of Topliss-reactive ketones (excluding diaryl/α,β-unsaturated/α-hetero) is 1. The highest BCUT2D eigenvalue weighted by Crippen LogP contribution is 2.24. The summed E-state index contributed by atoms with van der Waals surface area (Å²) in [5.41, 5.74) is 1.94. The number of benzene rings is 2. The number of esters is 1. The largest absolute Gasteiger partial charge is 0.454 e. The van der Waals surface area contributed by atoms with Gasteiger partial charge in [0.25, 0.3) is 11.8 Å². The molecule has 0 spiro atoms. The number of fused-ring (bicyclic) bond motifs is 1. The summed E-state index contributed by atoms with van der Waals surface area (Å²) in [6.07, 6.45) is 1.61. The third-order valence-corrected chi connectivity index (χ3v) is 4.61. The number of aromatic nitrogens is 1. The van der Waals surface area contributed by atoms with Crippen molar-refractivity contribution in [1.82, 2.24) is 9.88 Å². The molecular formula is C22H16N2O5. The molecule has 0 saturated carbocycles. The van der Waals surface area contributed by atoms with Gasteiger partial charge in [-0.05, 0) is 42.0 Å². The quantitative estimate of drug-likeness (QED) is 0.398. The van der Waals surface area contributed by atoms with E-state index in [0.29, 0.717) is 22.4 Å². The van der Waals surface area contributed by atoms with E-state index in [4.69, 9.17) is 4.74 Å². The monoisotopic (exact) mass is 388 g/mol. The number of hydrogen-bond donors (Lipinski definition) is 1. The maximum absolute atomic E-state index is 12.5. The van der Waals surface area contributed by atoms with Crippen molar-refractivity contribution < 1.29 is 23.9 Å². The standard InChI is InChI=1S/C22H16N2O5/c25-19(18-9-4-10-23-18)13-29-22(28)15-6-3-5-14(11-15)12-24-20(26)16-7-1-2-8-17(16)21(24)27/h1-11,23H,12-13H2. The van der Waals surface area contributed by atoms with Gasteiger partial charge in [0.1, 0.15) is 0 Å². The molecule has 2 heterocycles. The van der Waals surface area contributed by atoms with Crippen LogP contribution in [0.4, 0.5) is 0 Å². The van der Waals surface area contributed by atoms with Gasteiger partial charge in [-0.25, -0.2) is 4.79 Å². The van der Waals surface area contributed by atoms with Crippen LogP contribution < -0.4 is 0 Å². The summed E-state index contributed by atoms with van der Waals surface area (Å²) in [7, 11) is 0. The van der Waals surface area contributed by atoms with Gasteiger partial charge in [-0.1, -0.05) is 24.3 Å². The van der Waals surface area contributed by atoms with Crippen molar-refractivity contribution in [3.8, 4) is 0 Å². The summed E-state index contributed by atoms with van der Waals surface area (Å²) in [5.74, 6) is -1.73. The Morgan fingerprint density at radius 1 is 0.897 bits per heavy atom. The second-order valence-electron chi connectivity index (χ2n) is 6.53. The molecule has 7 nitrogen and oxygen atoms in total. The molecule has 1 N–H and O–H groups in total. The maximum Gasteiger partial charge on any atom is 0.338 e. The van der Waals surface area contributed by atoms with Crippen LogP contribution in [-0.2, 0) is 11.3 Å². The van der Waals surface area contributed by atoms with Crippen LogP contribution >= 0.6 is 0 Å². The zero-order chi connectivity index (χ0) is 20.4. The Labute approximate surface area is 165 Å². The van der Waals surface area contributed by atoms with E-state index in [0.717, 1.165) is 4.90 Å². The van der Waals surface area contributed by atoms with E-state index in [1.165, 1.54) is 0 Å². The first-order valence-electron chi connectivity index (χ1n) is 8.92. The van der Waals surface area contributed by atoms with Crippen LogP contribution in [0.25, 0.3) is 0 Å². The average Bonchev–Trinajstić information content (AvgIpc) is 3.36. The molecule has 29 heavy (non-hydrogen) atoms. The number of imide groups is 1. The molecule has 0 fully saturated rings. The van der Waals surface area contributed by atoms with Gasteiger partial charge in [-0.3, -0.25) is 19.3 Å². The van der Waals surface area contributed by atoms with E-state index in [2.05, 4.69) is 4.98 Å². The SMILES string of the molecule is O=C(OCC(=O)c1ccc[nH]1)c1cccc(CN2C(=O)c3ccccc3C2=O)c1. The Kier molecular flexibility index (Phi) is 4.78. The van der Waals surface area contributed by atoms with Gasteiger partial charge in [-0.15, -0.1) is 0 Å². The van der Waals surface area contributed by atoms with Gasteiger partial charge >= 0.3 is 5.97 Å². The molecule has 0 atom stereocenters. The van der Waals surface area contributed by atoms with Crippen LogP contribution in [0.2, 0.25) is 0 Å². The van der Waals surface area contributed by atoms with E-state index in [-0.39, 0.29) is 36.3 Å². The zero-order valence-electron chi connectivity index (χ0n) is 15.3. The first-order valence-corrected chi connectivity index (χ1v) is 8.92. The number of aromatic amines is 1. The van der Waals surface area contributed by atoms with Crippen molar-refractivity contribution >= 4 is 23.6 Å². The Morgan fingerprint density at radius 2 is 1.62 bits per heavy atom. The van der Waals surface area contributed by atoms with Crippen molar-refractivity contribution in [1.29, 1.82) is 0 Å². The Balaban J connectivity index is 1.44. The minimum atomic E-state index is -0.658. The minimum Gasteiger partial charge on any atom is -0.454 e. The first kappa shape index (κ1) is 18.4. The highest BCUT2D eigenvalue weighted by Gasteiger charge is 2.35. The molecular weight excluding hydrogens is 372 g/mol. The van der Waals surface area contributed by atoms with E-state index < -0.39 is 5.97 Å². The van der Waals surface area contributed by atoms with Crippen molar-refractivity contribution in [2.75, 3.05) is 6.61 Å². The molecule has 0 bridgehead atoms. The van der Waals surface area contributed by atoms with E-state index in [1.807, 2.05) is 0 Å². The molecule has 0 aliphatic carbocycles. The summed E-state index contributed by atoms with van der Waals surface area (Å²) < 4.78 is 5.08. The second-order valence-corrected chi connectivity index (χ2v) is 6.53. The summed E-state index contributed by atoms with van der Waals surface area (Å²) in [6, 6.07) is 16.4. The molecule has 2 aromatic carbocycles. The van der Waals surface area contributed by atoms with Gasteiger partial charge in [0.2, 0.25) is 5.78 Å². The molecule has 1 aliphatic heterocycles. The maximum atomic E-state index is 12.5. The van der Waals surface area contributed by atoms with Gasteiger partial charge in [0, 0.05) is 6.20 Å². The van der Waals surface area contributed by atoms with Gasteiger partial charge in [0.15, 0.2) is 6.61 Å². The lowest BCUT2D eigenvalue weighted by atomic mass is 10.1. The van der Waals surface area contributed by atoms with E-state index >= 15 is 0 Å². The highest BCUT2D eigenvalue weighted by molar-refractivity contribution is 6.21. The number of nitrogens with one attached hydrogen (secondary N) is 1. The van der Waals surface area contributed by atoms with Crippen LogP contribution in [0.3, 0.4) is 0 Å². The predicted octanol–water partition coefficient (Wildman–Crippen LogP) is 2.85. The summed E-state index contributed by atoms with van der Waals surface area (Å²) in [5, 5.41) is 0. The zero-order valence-corrected chi connectivity index (χ0v) is 15.3. The number of H-pyrrole nitrogens is 1. The molecule has 2 amide bonds. The number of rotatable bonds is 6. The fourth-order valence-electron chi connectivity index (χ4n) is 3.16. The molecule has 0 unspecified atom stereocenters. The van der Waals surface area contributed by atoms with Crippen molar-refractivity contribution in [3.05, 3.63) is 94.8 Å². The lowest BCUT2D eigenvalue weighted by molar-refractivity contribution is 0.0473. The summed E-state index contributed by atoms with van der Waals surface area (Å²) in [4.78, 5) is 53.1. The normalized spacial score (nSPS) is 12.8. The number of hydrogen-bond acceptors (Lipinski definition) is 5. The second kappa shape index (κ2) is 7.55. The molecule has 1 aromatic heterocycles.